The third kappa shape index (κ3) is 2.31. The van der Waals surface area contributed by atoms with Crippen LogP contribution in [0.25, 0.3) is 5.69 Å². The first-order valence-corrected chi connectivity index (χ1v) is 4.68. The number of carboxylic acid groups (broad SMARTS) is 1. The Labute approximate surface area is 98.5 Å². The second kappa shape index (κ2) is 4.13. The maximum Gasteiger partial charge on any atom is 0.419 e. The quantitative estimate of drug-likeness (QED) is 0.893. The lowest BCUT2D eigenvalue weighted by Crippen LogP contribution is -2.04. The number of nitrogens with zero attached hydrogens (tertiary/aromatic N) is 3. The number of aromatic carboxylic acids is 1. The Balaban J connectivity index is 2.40. The molecule has 0 saturated carbocycles. The maximum atomic E-state index is 12.4. The van der Waals surface area contributed by atoms with E-state index in [-0.39, 0.29) is 11.3 Å². The number of halogens is 3. The summed E-state index contributed by atoms with van der Waals surface area (Å²) in [5, 5.41) is 12.3. The SMILES string of the molecule is O=C(O)c1cncc(-n2cc(C(F)(F)F)cn2)c1. The number of alkyl halides is 3. The van der Waals surface area contributed by atoms with Crippen molar-refractivity contribution in [1.29, 1.82) is 0 Å². The minimum Gasteiger partial charge on any atom is -0.478 e. The summed E-state index contributed by atoms with van der Waals surface area (Å²) in [6.45, 7) is 0. The van der Waals surface area contributed by atoms with E-state index < -0.39 is 17.7 Å². The molecule has 18 heavy (non-hydrogen) atoms. The first-order valence-electron chi connectivity index (χ1n) is 4.68. The van der Waals surface area contributed by atoms with Gasteiger partial charge in [0.05, 0.1) is 29.2 Å². The molecule has 5 nitrogen and oxygen atoms in total. The average molecular weight is 257 g/mol. The lowest BCUT2D eigenvalue weighted by atomic mass is 10.2. The van der Waals surface area contributed by atoms with Crippen LogP contribution in [-0.2, 0) is 6.18 Å². The predicted octanol–water partition coefficient (Wildman–Crippen LogP) is 1.98. The summed E-state index contributed by atoms with van der Waals surface area (Å²) in [4.78, 5) is 14.3. The third-order valence-electron chi connectivity index (χ3n) is 2.15. The van der Waals surface area contributed by atoms with E-state index in [1.807, 2.05) is 0 Å². The van der Waals surface area contributed by atoms with Crippen LogP contribution < -0.4 is 0 Å². The average Bonchev–Trinajstić information content (AvgIpc) is 2.78. The highest BCUT2D eigenvalue weighted by Crippen LogP contribution is 2.29. The van der Waals surface area contributed by atoms with Crippen molar-refractivity contribution in [2.75, 3.05) is 0 Å². The second-order valence-electron chi connectivity index (χ2n) is 3.41. The monoisotopic (exact) mass is 257 g/mol. The Kier molecular flexibility index (Phi) is 2.77. The minimum atomic E-state index is -4.49. The van der Waals surface area contributed by atoms with E-state index in [9.17, 15) is 18.0 Å². The van der Waals surface area contributed by atoms with Gasteiger partial charge in [0.15, 0.2) is 0 Å². The highest BCUT2D eigenvalue weighted by Gasteiger charge is 2.32. The zero-order chi connectivity index (χ0) is 13.3. The van der Waals surface area contributed by atoms with Crippen molar-refractivity contribution in [1.82, 2.24) is 14.8 Å². The molecule has 0 saturated heterocycles. The Morgan fingerprint density at radius 3 is 2.56 bits per heavy atom. The van der Waals surface area contributed by atoms with Gasteiger partial charge in [-0.1, -0.05) is 0 Å². The van der Waals surface area contributed by atoms with Gasteiger partial charge in [-0.25, -0.2) is 9.48 Å². The van der Waals surface area contributed by atoms with Crippen LogP contribution in [0.4, 0.5) is 13.2 Å². The summed E-state index contributed by atoms with van der Waals surface area (Å²) in [5.74, 6) is -1.22. The van der Waals surface area contributed by atoms with Gasteiger partial charge in [-0.2, -0.15) is 18.3 Å². The number of pyridine rings is 1. The molecule has 0 aromatic carbocycles. The maximum absolute atomic E-state index is 12.4. The summed E-state index contributed by atoms with van der Waals surface area (Å²) in [5.41, 5.74) is -0.898. The van der Waals surface area contributed by atoms with E-state index >= 15 is 0 Å². The summed E-state index contributed by atoms with van der Waals surface area (Å²) < 4.78 is 38.0. The number of hydrogen-bond donors (Lipinski definition) is 1. The van der Waals surface area contributed by atoms with Gasteiger partial charge in [-0.15, -0.1) is 0 Å². The summed E-state index contributed by atoms with van der Waals surface area (Å²) in [7, 11) is 0. The molecule has 0 fully saturated rings. The van der Waals surface area contributed by atoms with Crippen molar-refractivity contribution in [2.45, 2.75) is 6.18 Å². The zero-order valence-electron chi connectivity index (χ0n) is 8.72. The molecule has 0 aliphatic heterocycles. The van der Waals surface area contributed by atoms with E-state index in [1.54, 1.807) is 0 Å². The first-order chi connectivity index (χ1) is 8.38. The summed E-state index contributed by atoms with van der Waals surface area (Å²) in [6.07, 6.45) is -0.744. The second-order valence-corrected chi connectivity index (χ2v) is 3.41. The molecule has 0 radical (unpaired) electrons. The molecule has 0 amide bonds. The molecular formula is C10H6F3N3O2. The summed E-state index contributed by atoms with van der Waals surface area (Å²) >= 11 is 0. The lowest BCUT2D eigenvalue weighted by molar-refractivity contribution is -0.137. The number of aromatic nitrogens is 3. The van der Waals surface area contributed by atoms with Crippen LogP contribution in [0.5, 0.6) is 0 Å². The van der Waals surface area contributed by atoms with E-state index in [4.69, 9.17) is 5.11 Å². The van der Waals surface area contributed by atoms with E-state index in [2.05, 4.69) is 10.1 Å². The minimum absolute atomic E-state index is 0.128. The highest BCUT2D eigenvalue weighted by molar-refractivity contribution is 5.87. The predicted molar refractivity (Wildman–Crippen MR) is 53.3 cm³/mol. The van der Waals surface area contributed by atoms with Gasteiger partial charge in [0.2, 0.25) is 0 Å². The van der Waals surface area contributed by atoms with E-state index in [1.165, 1.54) is 12.3 Å². The largest absolute Gasteiger partial charge is 0.478 e. The van der Waals surface area contributed by atoms with Gasteiger partial charge in [0, 0.05) is 12.4 Å². The van der Waals surface area contributed by atoms with E-state index in [0.717, 1.165) is 17.1 Å². The Hall–Kier alpha value is -2.38. The molecule has 0 aliphatic carbocycles. The molecule has 8 heteroatoms. The first kappa shape index (κ1) is 12.1. The van der Waals surface area contributed by atoms with Gasteiger partial charge in [-0.3, -0.25) is 4.98 Å². The van der Waals surface area contributed by atoms with Gasteiger partial charge in [-0.05, 0) is 6.07 Å². The van der Waals surface area contributed by atoms with E-state index in [0.29, 0.717) is 6.20 Å². The Morgan fingerprint density at radius 2 is 2.00 bits per heavy atom. The van der Waals surface area contributed by atoms with Crippen molar-refractivity contribution in [2.24, 2.45) is 0 Å². The van der Waals surface area contributed by atoms with Crippen molar-refractivity contribution in [3.8, 4) is 5.69 Å². The van der Waals surface area contributed by atoms with Gasteiger partial charge >= 0.3 is 12.1 Å². The molecule has 2 aromatic heterocycles. The molecule has 1 N–H and O–H groups in total. The molecule has 0 spiro atoms. The molecule has 0 bridgehead atoms. The smallest absolute Gasteiger partial charge is 0.419 e. The van der Waals surface area contributed by atoms with Crippen molar-refractivity contribution in [3.63, 3.8) is 0 Å². The summed E-state index contributed by atoms with van der Waals surface area (Å²) in [6, 6.07) is 1.18. The van der Waals surface area contributed by atoms with Crippen LogP contribution in [-0.4, -0.2) is 25.8 Å². The fraction of sp³-hybridized carbons (Fsp3) is 0.100. The van der Waals surface area contributed by atoms with Crippen LogP contribution in [0.15, 0.2) is 30.9 Å². The van der Waals surface area contributed by atoms with Crippen LogP contribution in [0.3, 0.4) is 0 Å². The fourth-order valence-electron chi connectivity index (χ4n) is 1.28. The van der Waals surface area contributed by atoms with Gasteiger partial charge in [0.25, 0.3) is 0 Å². The van der Waals surface area contributed by atoms with Crippen LogP contribution in [0.1, 0.15) is 15.9 Å². The van der Waals surface area contributed by atoms with Crippen LogP contribution in [0.2, 0.25) is 0 Å². The van der Waals surface area contributed by atoms with Crippen molar-refractivity contribution < 1.29 is 23.1 Å². The molecule has 2 heterocycles. The number of carbonyl (C=O) groups is 1. The normalized spacial score (nSPS) is 11.5. The fourth-order valence-corrected chi connectivity index (χ4v) is 1.28. The number of carboxylic acids is 1. The van der Waals surface area contributed by atoms with Crippen LogP contribution >= 0.6 is 0 Å². The number of hydrogen-bond acceptors (Lipinski definition) is 3. The van der Waals surface area contributed by atoms with Gasteiger partial charge in [0.1, 0.15) is 0 Å². The molecular weight excluding hydrogens is 251 g/mol. The Morgan fingerprint density at radius 1 is 1.28 bits per heavy atom. The van der Waals surface area contributed by atoms with Crippen molar-refractivity contribution >= 4 is 5.97 Å². The van der Waals surface area contributed by atoms with Gasteiger partial charge < -0.3 is 5.11 Å². The topological polar surface area (TPSA) is 68.0 Å². The molecule has 0 unspecified atom stereocenters. The molecule has 0 aliphatic rings. The highest BCUT2D eigenvalue weighted by atomic mass is 19.4. The van der Waals surface area contributed by atoms with Crippen LogP contribution in [0, 0.1) is 0 Å². The molecule has 94 valence electrons. The molecule has 0 atom stereocenters. The Bertz CT molecular complexity index is 592. The third-order valence-corrected chi connectivity index (χ3v) is 2.15. The molecule has 2 rings (SSSR count). The zero-order valence-corrected chi connectivity index (χ0v) is 8.72. The number of rotatable bonds is 2. The standard InChI is InChI=1S/C10H6F3N3O2/c11-10(12,13)7-3-15-16(5-7)8-1-6(9(17)18)2-14-4-8/h1-5H,(H,17,18). The lowest BCUT2D eigenvalue weighted by Gasteiger charge is -2.02. The molecule has 2 aromatic rings. The van der Waals surface area contributed by atoms with Crippen molar-refractivity contribution in [3.05, 3.63) is 42.0 Å².